The first-order valence-corrected chi connectivity index (χ1v) is 7.88. The molecule has 1 amide bonds. The van der Waals surface area contributed by atoms with Gasteiger partial charge in [0.25, 0.3) is 0 Å². The number of ether oxygens (including phenoxy) is 1. The second-order valence-corrected chi connectivity index (χ2v) is 5.86. The second-order valence-electron chi connectivity index (χ2n) is 5.86. The van der Waals surface area contributed by atoms with Crippen molar-refractivity contribution in [2.75, 3.05) is 25.0 Å². The van der Waals surface area contributed by atoms with Gasteiger partial charge >= 0.3 is 0 Å². The van der Waals surface area contributed by atoms with Gasteiger partial charge in [-0.2, -0.15) is 0 Å². The summed E-state index contributed by atoms with van der Waals surface area (Å²) in [6, 6.07) is 7.98. The molecule has 21 heavy (non-hydrogen) atoms. The van der Waals surface area contributed by atoms with Crippen molar-refractivity contribution in [3.05, 3.63) is 29.8 Å². The Morgan fingerprint density at radius 2 is 2.05 bits per heavy atom. The lowest BCUT2D eigenvalue weighted by atomic mass is 10.0. The number of rotatable bonds is 6. The van der Waals surface area contributed by atoms with Crippen LogP contribution >= 0.6 is 0 Å². The van der Waals surface area contributed by atoms with Gasteiger partial charge in [-0.05, 0) is 43.5 Å². The molecule has 1 aromatic carbocycles. The lowest BCUT2D eigenvalue weighted by Crippen LogP contribution is -2.33. The lowest BCUT2D eigenvalue weighted by molar-refractivity contribution is -0.117. The molecule has 1 fully saturated rings. The molecule has 0 unspecified atom stereocenters. The highest BCUT2D eigenvalue weighted by Gasteiger charge is 2.14. The molecule has 2 N–H and O–H groups in total. The van der Waals surface area contributed by atoms with Crippen molar-refractivity contribution < 1.29 is 9.53 Å². The zero-order valence-corrected chi connectivity index (χ0v) is 13.0. The molecule has 0 radical (unpaired) electrons. The van der Waals surface area contributed by atoms with E-state index in [0.29, 0.717) is 25.0 Å². The van der Waals surface area contributed by atoms with E-state index in [2.05, 4.69) is 30.5 Å². The number of nitrogens with one attached hydrogen (secondary N) is 2. The molecule has 0 aromatic heterocycles. The SMILES string of the molecule is CC(C)c1ccccc1NC(=O)CCOC1CCNCC1. The van der Waals surface area contributed by atoms with E-state index in [1.54, 1.807) is 0 Å². The largest absolute Gasteiger partial charge is 0.378 e. The Bertz CT molecular complexity index is 454. The molecule has 0 bridgehead atoms. The molecule has 1 aliphatic heterocycles. The molecule has 0 spiro atoms. The molecule has 4 nitrogen and oxygen atoms in total. The predicted molar refractivity (Wildman–Crippen MR) is 85.6 cm³/mol. The van der Waals surface area contributed by atoms with Crippen LogP contribution in [-0.2, 0) is 9.53 Å². The third kappa shape index (κ3) is 5.14. The van der Waals surface area contributed by atoms with Crippen molar-refractivity contribution in [2.24, 2.45) is 0 Å². The molecular formula is C17H26N2O2. The van der Waals surface area contributed by atoms with Crippen molar-refractivity contribution in [1.82, 2.24) is 5.32 Å². The summed E-state index contributed by atoms with van der Waals surface area (Å²) in [5.74, 6) is 0.421. The predicted octanol–water partition coefficient (Wildman–Crippen LogP) is 2.91. The van der Waals surface area contributed by atoms with E-state index in [0.717, 1.165) is 31.6 Å². The normalized spacial score (nSPS) is 16.1. The minimum Gasteiger partial charge on any atom is -0.378 e. The fraction of sp³-hybridized carbons (Fsp3) is 0.588. The van der Waals surface area contributed by atoms with Crippen LogP contribution in [0.4, 0.5) is 5.69 Å². The number of anilines is 1. The summed E-state index contributed by atoms with van der Waals surface area (Å²) in [5, 5.41) is 6.30. The van der Waals surface area contributed by atoms with Gasteiger partial charge in [0.15, 0.2) is 0 Å². The first-order chi connectivity index (χ1) is 10.2. The van der Waals surface area contributed by atoms with Gasteiger partial charge < -0.3 is 15.4 Å². The molecule has 116 valence electrons. The number of hydrogen-bond donors (Lipinski definition) is 2. The van der Waals surface area contributed by atoms with E-state index in [9.17, 15) is 4.79 Å². The molecule has 1 aliphatic rings. The molecule has 1 heterocycles. The van der Waals surface area contributed by atoms with Crippen LogP contribution in [0.25, 0.3) is 0 Å². The molecule has 2 rings (SSSR count). The molecule has 0 atom stereocenters. The van der Waals surface area contributed by atoms with E-state index in [1.807, 2.05) is 18.2 Å². The van der Waals surface area contributed by atoms with Gasteiger partial charge in [-0.25, -0.2) is 0 Å². The van der Waals surface area contributed by atoms with E-state index < -0.39 is 0 Å². The van der Waals surface area contributed by atoms with E-state index >= 15 is 0 Å². The van der Waals surface area contributed by atoms with Crippen LogP contribution < -0.4 is 10.6 Å². The Labute approximate surface area is 127 Å². The highest BCUT2D eigenvalue weighted by molar-refractivity contribution is 5.91. The van der Waals surface area contributed by atoms with Crippen molar-refractivity contribution in [3.8, 4) is 0 Å². The van der Waals surface area contributed by atoms with Crippen LogP contribution in [0.5, 0.6) is 0 Å². The standard InChI is InChI=1S/C17H26N2O2/c1-13(2)15-5-3-4-6-16(15)19-17(20)9-12-21-14-7-10-18-11-8-14/h3-6,13-14,18H,7-12H2,1-2H3,(H,19,20). The smallest absolute Gasteiger partial charge is 0.226 e. The summed E-state index contributed by atoms with van der Waals surface area (Å²) < 4.78 is 5.77. The van der Waals surface area contributed by atoms with Gasteiger partial charge in [0, 0.05) is 5.69 Å². The highest BCUT2D eigenvalue weighted by Crippen LogP contribution is 2.23. The molecule has 1 saturated heterocycles. The van der Waals surface area contributed by atoms with Gasteiger partial charge in [0.05, 0.1) is 19.1 Å². The van der Waals surface area contributed by atoms with Gasteiger partial charge in [-0.15, -0.1) is 0 Å². The summed E-state index contributed by atoms with van der Waals surface area (Å²) >= 11 is 0. The van der Waals surface area contributed by atoms with Crippen LogP contribution in [0.15, 0.2) is 24.3 Å². The fourth-order valence-electron chi connectivity index (χ4n) is 2.61. The number of carbonyl (C=O) groups is 1. The number of carbonyl (C=O) groups excluding carboxylic acids is 1. The van der Waals surface area contributed by atoms with Gasteiger partial charge in [-0.1, -0.05) is 32.0 Å². The Morgan fingerprint density at radius 3 is 2.76 bits per heavy atom. The Hall–Kier alpha value is -1.39. The molecule has 0 aliphatic carbocycles. The van der Waals surface area contributed by atoms with Crippen LogP contribution in [0.2, 0.25) is 0 Å². The first kappa shape index (κ1) is 16.0. The van der Waals surface area contributed by atoms with Crippen molar-refractivity contribution >= 4 is 11.6 Å². The zero-order chi connectivity index (χ0) is 15.1. The fourth-order valence-corrected chi connectivity index (χ4v) is 2.61. The quantitative estimate of drug-likeness (QED) is 0.847. The second kappa shape index (κ2) is 8.15. The zero-order valence-electron chi connectivity index (χ0n) is 13.0. The average Bonchev–Trinajstić information content (AvgIpc) is 2.48. The first-order valence-electron chi connectivity index (χ1n) is 7.88. The molecular weight excluding hydrogens is 264 g/mol. The summed E-state index contributed by atoms with van der Waals surface area (Å²) in [7, 11) is 0. The van der Waals surface area contributed by atoms with E-state index in [4.69, 9.17) is 4.74 Å². The number of hydrogen-bond acceptors (Lipinski definition) is 3. The summed E-state index contributed by atoms with van der Waals surface area (Å²) in [6.07, 6.45) is 2.80. The number of benzene rings is 1. The van der Waals surface area contributed by atoms with Crippen LogP contribution in [0, 0.1) is 0 Å². The molecule has 0 saturated carbocycles. The number of piperidine rings is 1. The maximum Gasteiger partial charge on any atom is 0.226 e. The summed E-state index contributed by atoms with van der Waals surface area (Å²) in [5.41, 5.74) is 2.09. The topological polar surface area (TPSA) is 50.4 Å². The molecule has 4 heteroatoms. The maximum atomic E-state index is 12.0. The number of amides is 1. The monoisotopic (exact) mass is 290 g/mol. The van der Waals surface area contributed by atoms with E-state index in [1.165, 1.54) is 5.56 Å². The van der Waals surface area contributed by atoms with Gasteiger partial charge in [0.1, 0.15) is 0 Å². The van der Waals surface area contributed by atoms with Gasteiger partial charge in [-0.3, -0.25) is 4.79 Å². The van der Waals surface area contributed by atoms with Crippen LogP contribution in [-0.4, -0.2) is 31.7 Å². The lowest BCUT2D eigenvalue weighted by Gasteiger charge is -2.22. The van der Waals surface area contributed by atoms with Crippen molar-refractivity contribution in [1.29, 1.82) is 0 Å². The van der Waals surface area contributed by atoms with Gasteiger partial charge in [0.2, 0.25) is 5.91 Å². The molecule has 1 aromatic rings. The van der Waals surface area contributed by atoms with Crippen LogP contribution in [0.1, 0.15) is 44.6 Å². The number of para-hydroxylation sites is 1. The minimum atomic E-state index is 0.0250. The summed E-state index contributed by atoms with van der Waals surface area (Å²) in [6.45, 7) is 6.79. The van der Waals surface area contributed by atoms with Crippen molar-refractivity contribution in [2.45, 2.75) is 45.1 Å². The summed E-state index contributed by atoms with van der Waals surface area (Å²) in [4.78, 5) is 12.0. The van der Waals surface area contributed by atoms with E-state index in [-0.39, 0.29) is 5.91 Å². The minimum absolute atomic E-state index is 0.0250. The van der Waals surface area contributed by atoms with Crippen molar-refractivity contribution in [3.63, 3.8) is 0 Å². The highest BCUT2D eigenvalue weighted by atomic mass is 16.5. The van der Waals surface area contributed by atoms with Crippen LogP contribution in [0.3, 0.4) is 0 Å². The maximum absolute atomic E-state index is 12.0. The Balaban J connectivity index is 1.76. The third-order valence-electron chi connectivity index (χ3n) is 3.83. The Kier molecular flexibility index (Phi) is 6.21. The Morgan fingerprint density at radius 1 is 1.33 bits per heavy atom. The third-order valence-corrected chi connectivity index (χ3v) is 3.83. The average molecular weight is 290 g/mol.